The molecular formula is C14H11N5S. The molecule has 0 aliphatic heterocycles. The van der Waals surface area contributed by atoms with E-state index in [-0.39, 0.29) is 0 Å². The van der Waals surface area contributed by atoms with E-state index in [1.54, 1.807) is 30.1 Å². The van der Waals surface area contributed by atoms with Crippen LogP contribution in [0, 0.1) is 6.92 Å². The predicted molar refractivity (Wildman–Crippen MR) is 79.5 cm³/mol. The van der Waals surface area contributed by atoms with Gasteiger partial charge in [-0.25, -0.2) is 15.0 Å². The molecule has 0 aliphatic rings. The Hall–Kier alpha value is -2.47. The third-order valence-corrected chi connectivity index (χ3v) is 4.24. The normalized spacial score (nSPS) is 11.2. The average Bonchev–Trinajstić information content (AvgIpc) is 3.16. The summed E-state index contributed by atoms with van der Waals surface area (Å²) in [5.41, 5.74) is 3.92. The Balaban J connectivity index is 1.90. The minimum absolute atomic E-state index is 0.887. The minimum atomic E-state index is 0.887. The van der Waals surface area contributed by atoms with Crippen LogP contribution in [0.25, 0.3) is 33.0 Å². The highest BCUT2D eigenvalue weighted by Gasteiger charge is 2.15. The molecule has 0 fully saturated rings. The number of hydrogen-bond donors (Lipinski definition) is 2. The standard InChI is InChI=1S/C14H11N5S/c1-8-12(19-14(20-8)11-6-15-7-18-11)10-5-17-13-9(10)3-2-4-16-13/h2-7H,1H3,(H,15,18)(H,16,17). The fourth-order valence-corrected chi connectivity index (χ4v) is 3.19. The highest BCUT2D eigenvalue weighted by Crippen LogP contribution is 2.35. The van der Waals surface area contributed by atoms with Crippen molar-refractivity contribution < 1.29 is 0 Å². The summed E-state index contributed by atoms with van der Waals surface area (Å²) in [6, 6.07) is 4.00. The first-order chi connectivity index (χ1) is 9.83. The minimum Gasteiger partial charge on any atom is -0.345 e. The van der Waals surface area contributed by atoms with Gasteiger partial charge in [0.25, 0.3) is 0 Å². The topological polar surface area (TPSA) is 70.2 Å². The number of imidazole rings is 1. The molecule has 0 bridgehead atoms. The van der Waals surface area contributed by atoms with E-state index in [1.807, 2.05) is 12.3 Å². The Morgan fingerprint density at radius 2 is 2.20 bits per heavy atom. The number of pyridine rings is 1. The molecule has 4 rings (SSSR count). The van der Waals surface area contributed by atoms with Crippen molar-refractivity contribution in [3.63, 3.8) is 0 Å². The molecule has 0 aliphatic carbocycles. The Morgan fingerprint density at radius 1 is 1.25 bits per heavy atom. The fourth-order valence-electron chi connectivity index (χ4n) is 2.29. The van der Waals surface area contributed by atoms with Crippen molar-refractivity contribution in [2.75, 3.05) is 0 Å². The van der Waals surface area contributed by atoms with E-state index in [2.05, 4.69) is 32.9 Å². The summed E-state index contributed by atoms with van der Waals surface area (Å²) in [6.45, 7) is 2.09. The van der Waals surface area contributed by atoms with E-state index < -0.39 is 0 Å². The number of rotatable bonds is 2. The number of nitrogens with zero attached hydrogens (tertiary/aromatic N) is 3. The lowest BCUT2D eigenvalue weighted by Crippen LogP contribution is -1.80. The van der Waals surface area contributed by atoms with Crippen molar-refractivity contribution in [2.24, 2.45) is 0 Å². The van der Waals surface area contributed by atoms with Gasteiger partial charge in [-0.1, -0.05) is 0 Å². The van der Waals surface area contributed by atoms with Gasteiger partial charge in [0, 0.05) is 28.2 Å². The van der Waals surface area contributed by atoms with Crippen LogP contribution in [0.4, 0.5) is 0 Å². The second-order valence-electron chi connectivity index (χ2n) is 4.49. The first-order valence-electron chi connectivity index (χ1n) is 6.21. The first-order valence-corrected chi connectivity index (χ1v) is 7.03. The van der Waals surface area contributed by atoms with Crippen LogP contribution in [0.2, 0.25) is 0 Å². The molecule has 5 nitrogen and oxygen atoms in total. The van der Waals surface area contributed by atoms with E-state index >= 15 is 0 Å². The van der Waals surface area contributed by atoms with Gasteiger partial charge in [0.15, 0.2) is 0 Å². The van der Waals surface area contributed by atoms with Crippen molar-refractivity contribution >= 4 is 22.4 Å². The second kappa shape index (κ2) is 4.28. The molecule has 20 heavy (non-hydrogen) atoms. The Bertz CT molecular complexity index is 872. The van der Waals surface area contributed by atoms with Crippen LogP contribution in [0.15, 0.2) is 37.1 Å². The lowest BCUT2D eigenvalue weighted by atomic mass is 10.1. The van der Waals surface area contributed by atoms with Crippen molar-refractivity contribution in [1.29, 1.82) is 0 Å². The van der Waals surface area contributed by atoms with Crippen LogP contribution in [-0.4, -0.2) is 24.9 Å². The molecule has 6 heteroatoms. The van der Waals surface area contributed by atoms with Gasteiger partial charge < -0.3 is 9.97 Å². The third-order valence-electron chi connectivity index (χ3n) is 3.23. The summed E-state index contributed by atoms with van der Waals surface area (Å²) in [5.74, 6) is 0. The molecule has 0 aromatic carbocycles. The molecular weight excluding hydrogens is 270 g/mol. The molecule has 98 valence electrons. The molecule has 0 amide bonds. The number of thiazole rings is 1. The molecule has 4 aromatic heterocycles. The predicted octanol–water partition coefficient (Wildman–Crippen LogP) is 3.38. The molecule has 4 heterocycles. The maximum absolute atomic E-state index is 4.74. The smallest absolute Gasteiger partial charge is 0.142 e. The first kappa shape index (κ1) is 11.4. The summed E-state index contributed by atoms with van der Waals surface area (Å²) in [7, 11) is 0. The summed E-state index contributed by atoms with van der Waals surface area (Å²) < 4.78 is 0. The summed E-state index contributed by atoms with van der Waals surface area (Å²) in [4.78, 5) is 20.6. The SMILES string of the molecule is Cc1sc(-c2cnc[nH]2)nc1-c1c[nH]c2ncccc12. The van der Waals surface area contributed by atoms with Crippen LogP contribution in [0.5, 0.6) is 0 Å². The fraction of sp³-hybridized carbons (Fsp3) is 0.0714. The maximum Gasteiger partial charge on any atom is 0.142 e. The van der Waals surface area contributed by atoms with Crippen LogP contribution >= 0.6 is 11.3 Å². The summed E-state index contributed by atoms with van der Waals surface area (Å²) in [6.07, 6.45) is 7.21. The molecule has 0 saturated heterocycles. The van der Waals surface area contributed by atoms with Crippen molar-refractivity contribution in [1.82, 2.24) is 24.9 Å². The zero-order valence-electron chi connectivity index (χ0n) is 10.7. The Labute approximate surface area is 118 Å². The van der Waals surface area contributed by atoms with Gasteiger partial charge in [-0.15, -0.1) is 11.3 Å². The van der Waals surface area contributed by atoms with Crippen LogP contribution in [-0.2, 0) is 0 Å². The van der Waals surface area contributed by atoms with Gasteiger partial charge >= 0.3 is 0 Å². The number of aromatic nitrogens is 5. The van der Waals surface area contributed by atoms with E-state index in [1.165, 1.54) is 4.88 Å². The Morgan fingerprint density at radius 3 is 3.05 bits per heavy atom. The summed E-state index contributed by atoms with van der Waals surface area (Å²) in [5, 5.41) is 2.05. The van der Waals surface area contributed by atoms with Gasteiger partial charge in [0.2, 0.25) is 0 Å². The largest absolute Gasteiger partial charge is 0.345 e. The molecule has 0 saturated carbocycles. The molecule has 0 unspecified atom stereocenters. The van der Waals surface area contributed by atoms with E-state index in [0.29, 0.717) is 0 Å². The number of aryl methyl sites for hydroxylation is 1. The highest BCUT2D eigenvalue weighted by molar-refractivity contribution is 7.15. The van der Waals surface area contributed by atoms with Crippen LogP contribution < -0.4 is 0 Å². The van der Waals surface area contributed by atoms with Gasteiger partial charge in [0.05, 0.1) is 23.9 Å². The van der Waals surface area contributed by atoms with E-state index in [4.69, 9.17) is 4.98 Å². The van der Waals surface area contributed by atoms with E-state index in [9.17, 15) is 0 Å². The number of hydrogen-bond acceptors (Lipinski definition) is 4. The lowest BCUT2D eigenvalue weighted by molar-refractivity contribution is 1.30. The molecule has 0 radical (unpaired) electrons. The lowest BCUT2D eigenvalue weighted by Gasteiger charge is -1.95. The van der Waals surface area contributed by atoms with Gasteiger partial charge in [-0.05, 0) is 19.1 Å². The summed E-state index contributed by atoms with van der Waals surface area (Å²) >= 11 is 1.66. The van der Waals surface area contributed by atoms with Gasteiger partial charge in [-0.3, -0.25) is 0 Å². The molecule has 0 atom stereocenters. The average molecular weight is 281 g/mol. The number of H-pyrrole nitrogens is 2. The number of fused-ring (bicyclic) bond motifs is 1. The van der Waals surface area contributed by atoms with Gasteiger partial charge in [-0.2, -0.15) is 0 Å². The van der Waals surface area contributed by atoms with E-state index in [0.717, 1.165) is 33.0 Å². The highest BCUT2D eigenvalue weighted by atomic mass is 32.1. The third kappa shape index (κ3) is 1.65. The quantitative estimate of drug-likeness (QED) is 0.591. The number of aromatic amines is 2. The monoisotopic (exact) mass is 281 g/mol. The van der Waals surface area contributed by atoms with Crippen molar-refractivity contribution in [3.8, 4) is 22.0 Å². The molecule has 4 aromatic rings. The molecule has 0 spiro atoms. The van der Waals surface area contributed by atoms with Crippen molar-refractivity contribution in [2.45, 2.75) is 6.92 Å². The molecule has 2 N–H and O–H groups in total. The van der Waals surface area contributed by atoms with Crippen LogP contribution in [0.3, 0.4) is 0 Å². The second-order valence-corrected chi connectivity index (χ2v) is 5.69. The Kier molecular flexibility index (Phi) is 2.43. The number of nitrogens with one attached hydrogen (secondary N) is 2. The zero-order valence-corrected chi connectivity index (χ0v) is 11.5. The van der Waals surface area contributed by atoms with Gasteiger partial charge in [0.1, 0.15) is 10.7 Å². The zero-order chi connectivity index (χ0) is 13.5. The maximum atomic E-state index is 4.74. The van der Waals surface area contributed by atoms with Crippen LogP contribution in [0.1, 0.15) is 4.88 Å². The van der Waals surface area contributed by atoms with Crippen molar-refractivity contribution in [3.05, 3.63) is 41.9 Å².